The van der Waals surface area contributed by atoms with Crippen LogP contribution >= 0.6 is 34.0 Å². The number of thiophene rings is 2. The summed E-state index contributed by atoms with van der Waals surface area (Å²) in [6.07, 6.45) is 0.933. The predicted molar refractivity (Wildman–Crippen MR) is 83.4 cm³/mol. The van der Waals surface area contributed by atoms with Gasteiger partial charge in [0.25, 0.3) is 0 Å². The second-order valence-corrected chi connectivity index (χ2v) is 6.98. The van der Waals surface area contributed by atoms with Crippen LogP contribution in [0.1, 0.15) is 27.7 Å². The number of anilines is 1. The van der Waals surface area contributed by atoms with E-state index in [1.54, 1.807) is 34.0 Å². The van der Waals surface area contributed by atoms with Gasteiger partial charge in [0.05, 0.1) is 6.04 Å². The minimum absolute atomic E-state index is 0.178. The third-order valence-corrected chi connectivity index (χ3v) is 5.57. The van der Waals surface area contributed by atoms with E-state index in [-0.39, 0.29) is 6.04 Å². The van der Waals surface area contributed by atoms with Crippen molar-refractivity contribution in [2.75, 3.05) is 5.32 Å². The lowest BCUT2D eigenvalue weighted by molar-refractivity contribution is 0.943. The highest BCUT2D eigenvalue weighted by Gasteiger charge is 2.17. The third-order valence-electron chi connectivity index (χ3n) is 2.69. The summed E-state index contributed by atoms with van der Waals surface area (Å²) in [6, 6.07) is 8.66. The lowest BCUT2D eigenvalue weighted by Gasteiger charge is -2.14. The molecule has 0 atom stereocenters. The molecule has 0 amide bonds. The number of nitrogens with zero attached hydrogens (tertiary/aromatic N) is 2. The van der Waals surface area contributed by atoms with Gasteiger partial charge in [0, 0.05) is 9.75 Å². The number of aryl methyl sites for hydroxylation is 1. The van der Waals surface area contributed by atoms with E-state index < -0.39 is 0 Å². The Kier molecular flexibility index (Phi) is 3.91. The molecule has 0 saturated heterocycles. The van der Waals surface area contributed by atoms with Crippen LogP contribution in [0.5, 0.6) is 0 Å². The fourth-order valence-corrected chi connectivity index (χ4v) is 4.14. The van der Waals surface area contributed by atoms with Crippen LogP contribution in [0.15, 0.2) is 35.0 Å². The normalized spacial score (nSPS) is 11.1. The number of hydrogen-bond acceptors (Lipinski definition) is 6. The molecule has 0 fully saturated rings. The first kappa shape index (κ1) is 12.8. The molecule has 0 bridgehead atoms. The zero-order chi connectivity index (χ0) is 13.1. The van der Waals surface area contributed by atoms with Gasteiger partial charge >= 0.3 is 0 Å². The molecule has 0 radical (unpaired) electrons. The molecule has 0 spiro atoms. The third kappa shape index (κ3) is 2.86. The maximum Gasteiger partial charge on any atom is 0.206 e. The number of rotatable bonds is 5. The summed E-state index contributed by atoms with van der Waals surface area (Å²) in [5.41, 5.74) is 0. The minimum atomic E-state index is 0.178. The van der Waals surface area contributed by atoms with E-state index in [0.717, 1.165) is 16.6 Å². The number of aromatic nitrogens is 2. The molecule has 6 heteroatoms. The lowest BCUT2D eigenvalue weighted by atomic mass is 10.2. The zero-order valence-electron chi connectivity index (χ0n) is 10.4. The van der Waals surface area contributed by atoms with Crippen molar-refractivity contribution in [3.63, 3.8) is 0 Å². The van der Waals surface area contributed by atoms with E-state index in [0.29, 0.717) is 0 Å². The fourth-order valence-electron chi connectivity index (χ4n) is 1.77. The Morgan fingerprint density at radius 1 is 1.11 bits per heavy atom. The molecule has 19 heavy (non-hydrogen) atoms. The summed E-state index contributed by atoms with van der Waals surface area (Å²) < 4.78 is 0. The van der Waals surface area contributed by atoms with Crippen LogP contribution in [0.2, 0.25) is 0 Å². The van der Waals surface area contributed by atoms with Gasteiger partial charge in [-0.1, -0.05) is 30.4 Å². The smallest absolute Gasteiger partial charge is 0.206 e. The van der Waals surface area contributed by atoms with Gasteiger partial charge in [-0.2, -0.15) is 0 Å². The van der Waals surface area contributed by atoms with Crippen LogP contribution in [-0.2, 0) is 6.42 Å². The van der Waals surface area contributed by atoms with Gasteiger partial charge < -0.3 is 5.32 Å². The highest BCUT2D eigenvalue weighted by molar-refractivity contribution is 7.15. The molecule has 0 aliphatic carbocycles. The summed E-state index contributed by atoms with van der Waals surface area (Å²) >= 11 is 5.16. The Bertz CT molecular complexity index is 579. The first-order valence-corrected chi connectivity index (χ1v) is 8.60. The van der Waals surface area contributed by atoms with Crippen LogP contribution in [0, 0.1) is 0 Å². The van der Waals surface area contributed by atoms with E-state index >= 15 is 0 Å². The van der Waals surface area contributed by atoms with E-state index in [4.69, 9.17) is 0 Å². The first-order valence-electron chi connectivity index (χ1n) is 6.02. The molecule has 0 aliphatic rings. The standard InChI is InChI=1S/C13H13N3S3/c1-2-11-15-16-13(19-11)14-12(9-5-3-7-17-9)10-6-4-8-18-10/h3-8,12H,2H2,1H3,(H,14,16). The monoisotopic (exact) mass is 307 g/mol. The molecule has 0 unspecified atom stereocenters. The SMILES string of the molecule is CCc1nnc(NC(c2cccs2)c2cccs2)s1. The van der Waals surface area contributed by atoms with Crippen molar-refractivity contribution >= 4 is 39.1 Å². The first-order chi connectivity index (χ1) is 9.36. The topological polar surface area (TPSA) is 37.8 Å². The van der Waals surface area contributed by atoms with Crippen LogP contribution in [0.3, 0.4) is 0 Å². The molecule has 3 aromatic heterocycles. The van der Waals surface area contributed by atoms with Crippen molar-refractivity contribution in [3.8, 4) is 0 Å². The van der Waals surface area contributed by atoms with Gasteiger partial charge in [0.15, 0.2) is 0 Å². The lowest BCUT2D eigenvalue weighted by Crippen LogP contribution is -2.09. The van der Waals surface area contributed by atoms with Crippen molar-refractivity contribution in [2.45, 2.75) is 19.4 Å². The molecule has 3 nitrogen and oxygen atoms in total. The van der Waals surface area contributed by atoms with Crippen molar-refractivity contribution in [1.29, 1.82) is 0 Å². The van der Waals surface area contributed by atoms with Crippen molar-refractivity contribution < 1.29 is 0 Å². The van der Waals surface area contributed by atoms with Crippen LogP contribution in [0.4, 0.5) is 5.13 Å². The largest absolute Gasteiger partial charge is 0.348 e. The van der Waals surface area contributed by atoms with Crippen LogP contribution in [-0.4, -0.2) is 10.2 Å². The summed E-state index contributed by atoms with van der Waals surface area (Å²) in [4.78, 5) is 2.60. The van der Waals surface area contributed by atoms with Crippen LogP contribution < -0.4 is 5.32 Å². The molecule has 0 aliphatic heterocycles. The average molecular weight is 307 g/mol. The van der Waals surface area contributed by atoms with Gasteiger partial charge in [-0.05, 0) is 29.3 Å². The van der Waals surface area contributed by atoms with E-state index in [1.807, 2.05) is 0 Å². The Hall–Kier alpha value is -1.24. The molecule has 0 aromatic carbocycles. The Morgan fingerprint density at radius 3 is 2.26 bits per heavy atom. The molecule has 98 valence electrons. The van der Waals surface area contributed by atoms with E-state index in [9.17, 15) is 0 Å². The maximum atomic E-state index is 4.21. The second-order valence-electron chi connectivity index (χ2n) is 3.96. The van der Waals surface area contributed by atoms with Crippen LogP contribution in [0.25, 0.3) is 0 Å². The highest BCUT2D eigenvalue weighted by atomic mass is 32.1. The predicted octanol–water partition coefficient (Wildman–Crippen LogP) is 4.43. The van der Waals surface area contributed by atoms with Gasteiger partial charge in [-0.15, -0.1) is 32.9 Å². The molecule has 3 aromatic rings. The van der Waals surface area contributed by atoms with Gasteiger partial charge in [0.1, 0.15) is 5.01 Å². The number of hydrogen-bond donors (Lipinski definition) is 1. The molecule has 3 rings (SSSR count). The molecular formula is C13H13N3S3. The Labute approximate surface area is 124 Å². The molecule has 0 saturated carbocycles. The maximum absolute atomic E-state index is 4.21. The fraction of sp³-hybridized carbons (Fsp3) is 0.231. The number of nitrogens with one attached hydrogen (secondary N) is 1. The Balaban J connectivity index is 1.88. The second kappa shape index (κ2) is 5.81. The molecule has 3 heterocycles. The quantitative estimate of drug-likeness (QED) is 0.758. The van der Waals surface area contributed by atoms with Crippen molar-refractivity contribution in [3.05, 3.63) is 49.8 Å². The van der Waals surface area contributed by atoms with E-state index in [2.05, 4.69) is 57.5 Å². The van der Waals surface area contributed by atoms with Gasteiger partial charge in [-0.3, -0.25) is 0 Å². The van der Waals surface area contributed by atoms with Crippen molar-refractivity contribution in [2.24, 2.45) is 0 Å². The Morgan fingerprint density at radius 2 is 1.79 bits per heavy atom. The van der Waals surface area contributed by atoms with Gasteiger partial charge in [0.2, 0.25) is 5.13 Å². The summed E-state index contributed by atoms with van der Waals surface area (Å²) in [5, 5.41) is 18.1. The van der Waals surface area contributed by atoms with E-state index in [1.165, 1.54) is 9.75 Å². The highest BCUT2D eigenvalue weighted by Crippen LogP contribution is 2.33. The van der Waals surface area contributed by atoms with Crippen molar-refractivity contribution in [1.82, 2.24) is 10.2 Å². The minimum Gasteiger partial charge on any atom is -0.348 e. The summed E-state index contributed by atoms with van der Waals surface area (Å²) in [7, 11) is 0. The summed E-state index contributed by atoms with van der Waals surface area (Å²) in [5.74, 6) is 0. The average Bonchev–Trinajstić information content (AvgIpc) is 3.17. The molecular weight excluding hydrogens is 294 g/mol. The molecule has 1 N–H and O–H groups in total. The van der Waals surface area contributed by atoms with Gasteiger partial charge in [-0.25, -0.2) is 0 Å². The summed E-state index contributed by atoms with van der Waals surface area (Å²) in [6.45, 7) is 2.10. The zero-order valence-corrected chi connectivity index (χ0v) is 12.8.